The molecule has 1 aromatic rings. The minimum Gasteiger partial charge on any atom is -0.446 e. The largest absolute Gasteiger partial charge is 0.446 e. The lowest BCUT2D eigenvalue weighted by molar-refractivity contribution is 0.497. The quantitative estimate of drug-likeness (QED) is 0.474. The lowest BCUT2D eigenvalue weighted by Gasteiger charge is -1.81. The lowest BCUT2D eigenvalue weighted by Crippen LogP contribution is -1.74. The van der Waals surface area contributed by atoms with Gasteiger partial charge in [-0.2, -0.15) is 4.98 Å². The van der Waals surface area contributed by atoms with Gasteiger partial charge in [0.2, 0.25) is 11.9 Å². The first-order valence-corrected chi connectivity index (χ1v) is 3.43. The molecule has 0 bridgehead atoms. The van der Waals surface area contributed by atoms with Gasteiger partial charge in [0.15, 0.2) is 5.89 Å². The summed E-state index contributed by atoms with van der Waals surface area (Å²) in [4.78, 5) is 17.1. The number of isocyanates is 1. The zero-order valence-corrected chi connectivity index (χ0v) is 5.78. The fourth-order valence-corrected chi connectivity index (χ4v) is 0.895. The van der Waals surface area contributed by atoms with Crippen LogP contribution in [0.25, 0.3) is 0 Å². The first kappa shape index (κ1) is 6.31. The summed E-state index contributed by atoms with van der Waals surface area (Å²) in [7, 11) is 0. The summed E-state index contributed by atoms with van der Waals surface area (Å²) in [5, 5.41) is 0. The van der Waals surface area contributed by atoms with Gasteiger partial charge in [0.25, 0.3) is 0 Å². The van der Waals surface area contributed by atoms with E-state index in [2.05, 4.69) is 9.98 Å². The van der Waals surface area contributed by atoms with Crippen LogP contribution < -0.4 is 0 Å². The standard InChI is InChI=1S/C7H6N2O2/c10-4-8-6-3-11-7(9-6)5-1-2-5/h3,5H,1-2H2. The maximum atomic E-state index is 9.80. The number of carbonyl (C=O) groups excluding carboxylic acids is 1. The Morgan fingerprint density at radius 1 is 1.73 bits per heavy atom. The van der Waals surface area contributed by atoms with Gasteiger partial charge in [0.1, 0.15) is 6.26 Å². The molecule has 2 rings (SSSR count). The molecule has 4 heteroatoms. The molecule has 0 aliphatic heterocycles. The molecule has 0 N–H and O–H groups in total. The average Bonchev–Trinajstić information content (AvgIpc) is 2.75. The second kappa shape index (κ2) is 2.32. The van der Waals surface area contributed by atoms with Crippen LogP contribution in [0.5, 0.6) is 0 Å². The van der Waals surface area contributed by atoms with Crippen LogP contribution >= 0.6 is 0 Å². The lowest BCUT2D eigenvalue weighted by atomic mass is 10.4. The van der Waals surface area contributed by atoms with Gasteiger partial charge in [-0.1, -0.05) is 0 Å². The Morgan fingerprint density at radius 2 is 2.55 bits per heavy atom. The minimum absolute atomic E-state index is 0.321. The van der Waals surface area contributed by atoms with E-state index in [1.807, 2.05) is 0 Å². The second-order valence-electron chi connectivity index (χ2n) is 2.52. The number of nitrogens with zero attached hydrogens (tertiary/aromatic N) is 2. The van der Waals surface area contributed by atoms with Gasteiger partial charge in [-0.05, 0) is 12.8 Å². The number of aliphatic imine (C=N–C) groups is 1. The predicted molar refractivity (Wildman–Crippen MR) is 36.3 cm³/mol. The Morgan fingerprint density at radius 3 is 3.18 bits per heavy atom. The average molecular weight is 150 g/mol. The smallest absolute Gasteiger partial charge is 0.242 e. The van der Waals surface area contributed by atoms with E-state index in [-0.39, 0.29) is 0 Å². The maximum absolute atomic E-state index is 9.80. The fourth-order valence-electron chi connectivity index (χ4n) is 0.895. The first-order chi connectivity index (χ1) is 5.40. The molecule has 1 heterocycles. The molecule has 0 spiro atoms. The van der Waals surface area contributed by atoms with Crippen LogP contribution in [0.3, 0.4) is 0 Å². The van der Waals surface area contributed by atoms with Crippen molar-refractivity contribution in [2.75, 3.05) is 0 Å². The van der Waals surface area contributed by atoms with Gasteiger partial charge in [-0.15, -0.1) is 4.99 Å². The van der Waals surface area contributed by atoms with Gasteiger partial charge in [-0.25, -0.2) is 4.79 Å². The van der Waals surface area contributed by atoms with Crippen LogP contribution in [0.4, 0.5) is 5.82 Å². The van der Waals surface area contributed by atoms with Gasteiger partial charge >= 0.3 is 0 Å². The fraction of sp³-hybridized carbons (Fsp3) is 0.429. The summed E-state index contributed by atoms with van der Waals surface area (Å²) in [6.07, 6.45) is 5.04. The third-order valence-electron chi connectivity index (χ3n) is 1.60. The number of rotatable bonds is 2. The van der Waals surface area contributed by atoms with Crippen molar-refractivity contribution in [3.63, 3.8) is 0 Å². The summed E-state index contributed by atoms with van der Waals surface area (Å²) in [5.41, 5.74) is 0. The predicted octanol–water partition coefficient (Wildman–Crippen LogP) is 1.52. The van der Waals surface area contributed by atoms with Crippen molar-refractivity contribution < 1.29 is 9.21 Å². The zero-order chi connectivity index (χ0) is 7.68. The van der Waals surface area contributed by atoms with Crippen molar-refractivity contribution in [3.05, 3.63) is 12.2 Å². The van der Waals surface area contributed by atoms with E-state index >= 15 is 0 Å². The molecule has 1 aliphatic rings. The van der Waals surface area contributed by atoms with Gasteiger partial charge in [0, 0.05) is 5.92 Å². The normalized spacial score (nSPS) is 16.0. The van der Waals surface area contributed by atoms with Crippen molar-refractivity contribution in [1.82, 2.24) is 4.98 Å². The molecular weight excluding hydrogens is 144 g/mol. The summed E-state index contributed by atoms with van der Waals surface area (Å²) in [6.45, 7) is 0. The molecule has 1 aromatic heterocycles. The molecule has 0 aromatic carbocycles. The minimum atomic E-state index is 0.321. The first-order valence-electron chi connectivity index (χ1n) is 3.43. The van der Waals surface area contributed by atoms with E-state index in [1.54, 1.807) is 0 Å². The van der Waals surface area contributed by atoms with Crippen LogP contribution in [0.1, 0.15) is 24.7 Å². The Balaban J connectivity index is 2.24. The Labute approximate surface area is 63.0 Å². The Bertz CT molecular complexity index is 308. The summed E-state index contributed by atoms with van der Waals surface area (Å²) < 4.78 is 5.06. The molecule has 0 saturated heterocycles. The molecule has 1 aliphatic carbocycles. The number of oxazole rings is 1. The topological polar surface area (TPSA) is 55.5 Å². The maximum Gasteiger partial charge on any atom is 0.242 e. The number of aromatic nitrogens is 1. The highest BCUT2D eigenvalue weighted by Gasteiger charge is 2.28. The molecule has 0 unspecified atom stereocenters. The van der Waals surface area contributed by atoms with Crippen LogP contribution in [0.2, 0.25) is 0 Å². The van der Waals surface area contributed by atoms with Crippen molar-refractivity contribution >= 4 is 11.9 Å². The van der Waals surface area contributed by atoms with Crippen LogP contribution in [-0.2, 0) is 4.79 Å². The van der Waals surface area contributed by atoms with Crippen molar-refractivity contribution in [2.24, 2.45) is 4.99 Å². The zero-order valence-electron chi connectivity index (χ0n) is 5.78. The summed E-state index contributed by atoms with van der Waals surface area (Å²) >= 11 is 0. The van der Waals surface area contributed by atoms with E-state index in [1.165, 1.54) is 12.3 Å². The van der Waals surface area contributed by atoms with E-state index < -0.39 is 0 Å². The molecule has 1 fully saturated rings. The van der Waals surface area contributed by atoms with Crippen LogP contribution in [0, 0.1) is 0 Å². The van der Waals surface area contributed by atoms with Crippen molar-refractivity contribution in [2.45, 2.75) is 18.8 Å². The third kappa shape index (κ3) is 1.21. The van der Waals surface area contributed by atoms with Crippen LogP contribution in [-0.4, -0.2) is 11.1 Å². The molecule has 1 saturated carbocycles. The Kier molecular flexibility index (Phi) is 1.33. The van der Waals surface area contributed by atoms with Gasteiger partial charge < -0.3 is 4.42 Å². The van der Waals surface area contributed by atoms with Gasteiger partial charge in [-0.3, -0.25) is 0 Å². The second-order valence-corrected chi connectivity index (χ2v) is 2.52. The summed E-state index contributed by atoms with van der Waals surface area (Å²) in [5.74, 6) is 1.48. The third-order valence-corrected chi connectivity index (χ3v) is 1.60. The highest BCUT2D eigenvalue weighted by molar-refractivity contribution is 5.43. The van der Waals surface area contributed by atoms with E-state index in [4.69, 9.17) is 4.42 Å². The number of hydrogen-bond donors (Lipinski definition) is 0. The van der Waals surface area contributed by atoms with E-state index in [0.717, 1.165) is 12.8 Å². The van der Waals surface area contributed by atoms with Crippen LogP contribution in [0.15, 0.2) is 15.7 Å². The SMILES string of the molecule is O=C=Nc1coc(C2CC2)n1. The van der Waals surface area contributed by atoms with Gasteiger partial charge in [0.05, 0.1) is 0 Å². The molecule has 4 nitrogen and oxygen atoms in total. The highest BCUT2D eigenvalue weighted by atomic mass is 16.3. The van der Waals surface area contributed by atoms with E-state index in [0.29, 0.717) is 17.6 Å². The molecule has 0 amide bonds. The number of hydrogen-bond acceptors (Lipinski definition) is 4. The molecule has 56 valence electrons. The Hall–Kier alpha value is -1.41. The molecule has 0 atom stereocenters. The summed E-state index contributed by atoms with van der Waals surface area (Å²) in [6, 6.07) is 0. The molecule has 0 radical (unpaired) electrons. The highest BCUT2D eigenvalue weighted by Crippen LogP contribution is 2.39. The van der Waals surface area contributed by atoms with E-state index in [9.17, 15) is 4.79 Å². The monoisotopic (exact) mass is 150 g/mol. The van der Waals surface area contributed by atoms with Crippen molar-refractivity contribution in [3.8, 4) is 0 Å². The molecule has 11 heavy (non-hydrogen) atoms. The van der Waals surface area contributed by atoms with Crippen molar-refractivity contribution in [1.29, 1.82) is 0 Å². The molecular formula is C7H6N2O2.